The standard InChI is InChI=1S/C14H31N/c1-7-9-10-15(12(3)4)11-14(6)13(5)8-2/h12-14H,7-11H2,1-6H3/t13?,14-/m0/s1. The van der Waals surface area contributed by atoms with Crippen LogP contribution in [0.3, 0.4) is 0 Å². The normalized spacial score (nSPS) is 16.0. The Morgan fingerprint density at radius 2 is 1.53 bits per heavy atom. The second-order valence-corrected chi connectivity index (χ2v) is 5.31. The van der Waals surface area contributed by atoms with Crippen molar-refractivity contribution in [3.63, 3.8) is 0 Å². The second kappa shape index (κ2) is 8.15. The molecule has 0 saturated heterocycles. The third-order valence-electron chi connectivity index (χ3n) is 3.67. The van der Waals surface area contributed by atoms with E-state index in [9.17, 15) is 0 Å². The van der Waals surface area contributed by atoms with Gasteiger partial charge in [-0.15, -0.1) is 0 Å². The van der Waals surface area contributed by atoms with Gasteiger partial charge in [-0.2, -0.15) is 0 Å². The van der Waals surface area contributed by atoms with Crippen LogP contribution in [-0.4, -0.2) is 24.0 Å². The molecule has 0 aromatic heterocycles. The molecule has 0 fully saturated rings. The lowest BCUT2D eigenvalue weighted by molar-refractivity contribution is 0.165. The highest BCUT2D eigenvalue weighted by atomic mass is 15.1. The molecule has 0 aromatic rings. The van der Waals surface area contributed by atoms with Crippen LogP contribution in [0.5, 0.6) is 0 Å². The zero-order chi connectivity index (χ0) is 11.8. The summed E-state index contributed by atoms with van der Waals surface area (Å²) in [5.41, 5.74) is 0. The fraction of sp³-hybridized carbons (Fsp3) is 1.00. The minimum Gasteiger partial charge on any atom is -0.301 e. The fourth-order valence-corrected chi connectivity index (χ4v) is 1.87. The quantitative estimate of drug-likeness (QED) is 0.584. The van der Waals surface area contributed by atoms with Crippen LogP contribution >= 0.6 is 0 Å². The smallest absolute Gasteiger partial charge is 0.00387 e. The Bertz CT molecular complexity index is 142. The first kappa shape index (κ1) is 15.0. The van der Waals surface area contributed by atoms with Gasteiger partial charge in [-0.25, -0.2) is 0 Å². The van der Waals surface area contributed by atoms with Crippen LogP contribution in [0.15, 0.2) is 0 Å². The van der Waals surface area contributed by atoms with Gasteiger partial charge in [-0.1, -0.05) is 40.5 Å². The Balaban J connectivity index is 4.03. The van der Waals surface area contributed by atoms with E-state index in [1.54, 1.807) is 0 Å². The predicted octanol–water partition coefficient (Wildman–Crippen LogP) is 4.18. The van der Waals surface area contributed by atoms with Crippen molar-refractivity contribution >= 4 is 0 Å². The number of unbranched alkanes of at least 4 members (excludes halogenated alkanes) is 1. The van der Waals surface area contributed by atoms with Crippen LogP contribution in [0.1, 0.15) is 60.8 Å². The maximum Gasteiger partial charge on any atom is 0.00387 e. The number of nitrogens with zero attached hydrogens (tertiary/aromatic N) is 1. The molecule has 0 heterocycles. The summed E-state index contributed by atoms with van der Waals surface area (Å²) < 4.78 is 0. The molecule has 0 aliphatic carbocycles. The summed E-state index contributed by atoms with van der Waals surface area (Å²) in [5, 5.41) is 0. The van der Waals surface area contributed by atoms with Crippen LogP contribution in [-0.2, 0) is 0 Å². The molecule has 0 rings (SSSR count). The molecule has 0 radical (unpaired) electrons. The highest BCUT2D eigenvalue weighted by Crippen LogP contribution is 2.17. The van der Waals surface area contributed by atoms with Crippen LogP contribution in [0.25, 0.3) is 0 Å². The molecule has 1 heteroatoms. The maximum atomic E-state index is 2.64. The van der Waals surface area contributed by atoms with Crippen molar-refractivity contribution in [2.45, 2.75) is 66.8 Å². The molecular formula is C14H31N. The average molecular weight is 213 g/mol. The van der Waals surface area contributed by atoms with Crippen molar-refractivity contribution < 1.29 is 0 Å². The minimum absolute atomic E-state index is 0.697. The largest absolute Gasteiger partial charge is 0.301 e. The maximum absolute atomic E-state index is 2.64. The lowest BCUT2D eigenvalue weighted by atomic mass is 9.93. The third kappa shape index (κ3) is 6.19. The van der Waals surface area contributed by atoms with Crippen LogP contribution < -0.4 is 0 Å². The first-order chi connectivity index (χ1) is 7.02. The molecule has 1 unspecified atom stereocenters. The molecule has 0 bridgehead atoms. The van der Waals surface area contributed by atoms with Gasteiger partial charge in [0.15, 0.2) is 0 Å². The van der Waals surface area contributed by atoms with Crippen molar-refractivity contribution in [2.24, 2.45) is 11.8 Å². The lowest BCUT2D eigenvalue weighted by Crippen LogP contribution is -2.37. The van der Waals surface area contributed by atoms with Crippen LogP contribution in [0.2, 0.25) is 0 Å². The van der Waals surface area contributed by atoms with Crippen molar-refractivity contribution in [3.05, 3.63) is 0 Å². The van der Waals surface area contributed by atoms with E-state index in [0.717, 1.165) is 11.8 Å². The Hall–Kier alpha value is -0.0400. The van der Waals surface area contributed by atoms with Gasteiger partial charge < -0.3 is 4.90 Å². The van der Waals surface area contributed by atoms with Crippen molar-refractivity contribution in [1.82, 2.24) is 4.90 Å². The highest BCUT2D eigenvalue weighted by Gasteiger charge is 2.16. The molecule has 0 N–H and O–H groups in total. The molecular weight excluding hydrogens is 182 g/mol. The summed E-state index contributed by atoms with van der Waals surface area (Å²) in [6.45, 7) is 16.5. The molecule has 15 heavy (non-hydrogen) atoms. The SMILES string of the molecule is CCCCN(C[C@H](C)C(C)CC)C(C)C. The number of hydrogen-bond acceptors (Lipinski definition) is 1. The van der Waals surface area contributed by atoms with Gasteiger partial charge in [0.05, 0.1) is 0 Å². The van der Waals surface area contributed by atoms with E-state index in [1.807, 2.05) is 0 Å². The van der Waals surface area contributed by atoms with Crippen LogP contribution in [0.4, 0.5) is 0 Å². The zero-order valence-corrected chi connectivity index (χ0v) is 11.7. The number of rotatable bonds is 8. The fourth-order valence-electron chi connectivity index (χ4n) is 1.87. The second-order valence-electron chi connectivity index (χ2n) is 5.31. The summed E-state index contributed by atoms with van der Waals surface area (Å²) >= 11 is 0. The molecule has 0 aliphatic rings. The molecule has 0 spiro atoms. The van der Waals surface area contributed by atoms with Gasteiger partial charge in [0.2, 0.25) is 0 Å². The Labute approximate surface area is 97.2 Å². The van der Waals surface area contributed by atoms with E-state index in [2.05, 4.69) is 46.4 Å². The topological polar surface area (TPSA) is 3.24 Å². The van der Waals surface area contributed by atoms with Gasteiger partial charge in [0.1, 0.15) is 0 Å². The first-order valence-corrected chi connectivity index (χ1v) is 6.76. The molecule has 0 amide bonds. The Kier molecular flexibility index (Phi) is 8.13. The van der Waals surface area contributed by atoms with Gasteiger partial charge in [-0.05, 0) is 38.6 Å². The van der Waals surface area contributed by atoms with E-state index in [1.165, 1.54) is 32.4 Å². The predicted molar refractivity (Wildman–Crippen MR) is 70.2 cm³/mol. The Morgan fingerprint density at radius 1 is 0.933 bits per heavy atom. The minimum atomic E-state index is 0.697. The van der Waals surface area contributed by atoms with E-state index in [-0.39, 0.29) is 0 Å². The molecule has 0 aliphatic heterocycles. The molecule has 2 atom stereocenters. The van der Waals surface area contributed by atoms with E-state index in [4.69, 9.17) is 0 Å². The van der Waals surface area contributed by atoms with Gasteiger partial charge in [0.25, 0.3) is 0 Å². The Morgan fingerprint density at radius 3 is 1.93 bits per heavy atom. The monoisotopic (exact) mass is 213 g/mol. The number of hydrogen-bond donors (Lipinski definition) is 0. The summed E-state index contributed by atoms with van der Waals surface area (Å²) in [5.74, 6) is 1.68. The highest BCUT2D eigenvalue weighted by molar-refractivity contribution is 4.69. The van der Waals surface area contributed by atoms with Crippen molar-refractivity contribution in [1.29, 1.82) is 0 Å². The van der Waals surface area contributed by atoms with Crippen LogP contribution in [0, 0.1) is 11.8 Å². The van der Waals surface area contributed by atoms with Crippen molar-refractivity contribution in [3.8, 4) is 0 Å². The lowest BCUT2D eigenvalue weighted by Gasteiger charge is -2.31. The summed E-state index contributed by atoms with van der Waals surface area (Å²) in [7, 11) is 0. The molecule has 0 saturated carbocycles. The molecule has 92 valence electrons. The van der Waals surface area contributed by atoms with E-state index >= 15 is 0 Å². The molecule has 1 nitrogen and oxygen atoms in total. The first-order valence-electron chi connectivity index (χ1n) is 6.76. The van der Waals surface area contributed by atoms with Gasteiger partial charge in [0, 0.05) is 12.6 Å². The summed E-state index contributed by atoms with van der Waals surface area (Å²) in [6, 6.07) is 0.697. The van der Waals surface area contributed by atoms with E-state index in [0.29, 0.717) is 6.04 Å². The zero-order valence-electron chi connectivity index (χ0n) is 11.7. The third-order valence-corrected chi connectivity index (χ3v) is 3.67. The average Bonchev–Trinajstić information content (AvgIpc) is 2.22. The summed E-state index contributed by atoms with van der Waals surface area (Å²) in [4.78, 5) is 2.64. The van der Waals surface area contributed by atoms with Gasteiger partial charge >= 0.3 is 0 Å². The summed E-state index contributed by atoms with van der Waals surface area (Å²) in [6.07, 6.45) is 3.95. The van der Waals surface area contributed by atoms with Gasteiger partial charge in [-0.3, -0.25) is 0 Å². The molecule has 0 aromatic carbocycles. The van der Waals surface area contributed by atoms with Crippen molar-refractivity contribution in [2.75, 3.05) is 13.1 Å². The van der Waals surface area contributed by atoms with E-state index < -0.39 is 0 Å².